The molecule has 17 heavy (non-hydrogen) atoms. The Morgan fingerprint density at radius 3 is 2.24 bits per heavy atom. The average molecular weight is 242 g/mol. The van der Waals surface area contributed by atoms with Crippen LogP contribution in [0, 0.1) is 17.3 Å². The van der Waals surface area contributed by atoms with Gasteiger partial charge in [-0.1, -0.05) is 33.6 Å². The highest BCUT2D eigenvalue weighted by atomic mass is 16.3. The highest BCUT2D eigenvalue weighted by Crippen LogP contribution is 2.34. The van der Waals surface area contributed by atoms with E-state index < -0.39 is 0 Å². The fourth-order valence-corrected chi connectivity index (χ4v) is 2.87. The molecule has 0 aromatic heterocycles. The summed E-state index contributed by atoms with van der Waals surface area (Å²) in [5, 5.41) is 19.2. The SMILES string of the molecule is CC1CCC([C@@H](O)CCC(C)(C)CCO)CC1. The van der Waals surface area contributed by atoms with Gasteiger partial charge in [0.25, 0.3) is 0 Å². The molecule has 102 valence electrons. The van der Waals surface area contributed by atoms with E-state index in [1.165, 1.54) is 25.7 Å². The van der Waals surface area contributed by atoms with E-state index in [2.05, 4.69) is 20.8 Å². The first-order chi connectivity index (χ1) is 7.94. The van der Waals surface area contributed by atoms with Crippen LogP contribution in [0.4, 0.5) is 0 Å². The van der Waals surface area contributed by atoms with Crippen LogP contribution in [0.2, 0.25) is 0 Å². The third-order valence-corrected chi connectivity index (χ3v) is 4.51. The predicted molar refractivity (Wildman–Crippen MR) is 71.8 cm³/mol. The van der Waals surface area contributed by atoms with E-state index in [1.54, 1.807) is 0 Å². The van der Waals surface area contributed by atoms with Gasteiger partial charge in [-0.15, -0.1) is 0 Å². The molecule has 1 rings (SSSR count). The second kappa shape index (κ2) is 6.75. The lowest BCUT2D eigenvalue weighted by molar-refractivity contribution is 0.0547. The number of aliphatic hydroxyl groups is 2. The van der Waals surface area contributed by atoms with E-state index in [4.69, 9.17) is 5.11 Å². The minimum Gasteiger partial charge on any atom is -0.396 e. The van der Waals surface area contributed by atoms with Crippen LogP contribution in [0.25, 0.3) is 0 Å². The number of aliphatic hydroxyl groups excluding tert-OH is 2. The molecule has 0 bridgehead atoms. The highest BCUT2D eigenvalue weighted by molar-refractivity contribution is 4.78. The van der Waals surface area contributed by atoms with Gasteiger partial charge in [-0.3, -0.25) is 0 Å². The molecule has 1 aliphatic rings. The van der Waals surface area contributed by atoms with E-state index in [1.807, 2.05) is 0 Å². The summed E-state index contributed by atoms with van der Waals surface area (Å²) in [5.74, 6) is 1.38. The molecular weight excluding hydrogens is 212 g/mol. The Morgan fingerprint density at radius 1 is 1.12 bits per heavy atom. The monoisotopic (exact) mass is 242 g/mol. The van der Waals surface area contributed by atoms with Crippen molar-refractivity contribution in [2.45, 2.75) is 71.8 Å². The van der Waals surface area contributed by atoms with E-state index in [0.717, 1.165) is 25.2 Å². The smallest absolute Gasteiger partial charge is 0.0568 e. The minimum absolute atomic E-state index is 0.125. The van der Waals surface area contributed by atoms with E-state index >= 15 is 0 Å². The quantitative estimate of drug-likeness (QED) is 0.750. The maximum Gasteiger partial charge on any atom is 0.0568 e. The van der Waals surface area contributed by atoms with Crippen molar-refractivity contribution < 1.29 is 10.2 Å². The first-order valence-corrected chi connectivity index (χ1v) is 7.23. The van der Waals surface area contributed by atoms with Crippen molar-refractivity contribution in [3.05, 3.63) is 0 Å². The fraction of sp³-hybridized carbons (Fsp3) is 1.00. The van der Waals surface area contributed by atoms with Gasteiger partial charge in [0.1, 0.15) is 0 Å². The summed E-state index contributed by atoms with van der Waals surface area (Å²) >= 11 is 0. The van der Waals surface area contributed by atoms with E-state index in [9.17, 15) is 5.11 Å². The molecule has 1 aliphatic carbocycles. The van der Waals surface area contributed by atoms with Crippen molar-refractivity contribution in [2.75, 3.05) is 6.61 Å². The molecule has 0 heterocycles. The molecule has 2 N–H and O–H groups in total. The van der Waals surface area contributed by atoms with Crippen molar-refractivity contribution >= 4 is 0 Å². The number of hydrogen-bond acceptors (Lipinski definition) is 2. The Kier molecular flexibility index (Phi) is 5.94. The molecular formula is C15H30O2. The number of rotatable bonds is 6. The second-order valence-electron chi connectivity index (χ2n) is 6.76. The molecule has 1 atom stereocenters. The third kappa shape index (κ3) is 5.39. The minimum atomic E-state index is -0.125. The van der Waals surface area contributed by atoms with Crippen molar-refractivity contribution in [2.24, 2.45) is 17.3 Å². The third-order valence-electron chi connectivity index (χ3n) is 4.51. The maximum atomic E-state index is 10.2. The molecule has 0 saturated heterocycles. The zero-order valence-corrected chi connectivity index (χ0v) is 11.8. The lowest BCUT2D eigenvalue weighted by atomic mass is 9.77. The van der Waals surface area contributed by atoms with Gasteiger partial charge in [-0.05, 0) is 49.4 Å². The molecule has 0 aliphatic heterocycles. The summed E-state index contributed by atoms with van der Waals surface area (Å²) in [6, 6.07) is 0. The summed E-state index contributed by atoms with van der Waals surface area (Å²) in [6.07, 6.45) is 7.57. The Bertz CT molecular complexity index is 205. The van der Waals surface area contributed by atoms with Crippen LogP contribution in [-0.4, -0.2) is 22.9 Å². The van der Waals surface area contributed by atoms with Crippen LogP contribution in [0.15, 0.2) is 0 Å². The summed E-state index contributed by atoms with van der Waals surface area (Å²) in [4.78, 5) is 0. The number of hydrogen-bond donors (Lipinski definition) is 2. The maximum absolute atomic E-state index is 10.2. The second-order valence-corrected chi connectivity index (χ2v) is 6.76. The fourth-order valence-electron chi connectivity index (χ4n) is 2.87. The van der Waals surface area contributed by atoms with Crippen LogP contribution >= 0.6 is 0 Å². The molecule has 0 amide bonds. The van der Waals surface area contributed by atoms with Crippen molar-refractivity contribution in [3.63, 3.8) is 0 Å². The average Bonchev–Trinajstić information content (AvgIpc) is 2.27. The van der Waals surface area contributed by atoms with Gasteiger partial charge in [0.2, 0.25) is 0 Å². The zero-order chi connectivity index (χ0) is 12.9. The molecule has 0 aromatic rings. The Hall–Kier alpha value is -0.0800. The lowest BCUT2D eigenvalue weighted by Crippen LogP contribution is -2.27. The molecule has 0 spiro atoms. The summed E-state index contributed by atoms with van der Waals surface area (Å²) in [5.41, 5.74) is 0.164. The Labute approximate surface area is 106 Å². The van der Waals surface area contributed by atoms with Crippen LogP contribution in [0.3, 0.4) is 0 Å². The molecule has 0 unspecified atom stereocenters. The van der Waals surface area contributed by atoms with Crippen molar-refractivity contribution in [1.82, 2.24) is 0 Å². The van der Waals surface area contributed by atoms with Gasteiger partial charge in [0, 0.05) is 6.61 Å². The van der Waals surface area contributed by atoms with Crippen LogP contribution in [0.5, 0.6) is 0 Å². The van der Waals surface area contributed by atoms with Gasteiger partial charge in [0.05, 0.1) is 6.10 Å². The molecule has 0 radical (unpaired) electrons. The lowest BCUT2D eigenvalue weighted by Gasteiger charge is -2.32. The van der Waals surface area contributed by atoms with Crippen molar-refractivity contribution in [1.29, 1.82) is 0 Å². The summed E-state index contributed by atoms with van der Waals surface area (Å²) < 4.78 is 0. The van der Waals surface area contributed by atoms with Crippen LogP contribution in [0.1, 0.15) is 65.7 Å². The largest absolute Gasteiger partial charge is 0.396 e. The molecule has 0 aromatic carbocycles. The highest BCUT2D eigenvalue weighted by Gasteiger charge is 2.26. The molecule has 2 heteroatoms. The summed E-state index contributed by atoms with van der Waals surface area (Å²) in [6.45, 7) is 6.93. The van der Waals surface area contributed by atoms with Gasteiger partial charge < -0.3 is 10.2 Å². The normalized spacial score (nSPS) is 28.1. The van der Waals surface area contributed by atoms with Gasteiger partial charge in [0.15, 0.2) is 0 Å². The molecule has 2 nitrogen and oxygen atoms in total. The Balaban J connectivity index is 2.27. The van der Waals surface area contributed by atoms with Gasteiger partial charge in [-0.2, -0.15) is 0 Å². The van der Waals surface area contributed by atoms with Gasteiger partial charge in [-0.25, -0.2) is 0 Å². The summed E-state index contributed by atoms with van der Waals surface area (Å²) in [7, 11) is 0. The first kappa shape index (κ1) is 15.0. The topological polar surface area (TPSA) is 40.5 Å². The van der Waals surface area contributed by atoms with Crippen LogP contribution in [-0.2, 0) is 0 Å². The Morgan fingerprint density at radius 2 is 1.71 bits per heavy atom. The van der Waals surface area contributed by atoms with Crippen LogP contribution < -0.4 is 0 Å². The standard InChI is InChI=1S/C15H30O2/c1-12-4-6-13(7-5-12)14(17)8-9-15(2,3)10-11-16/h12-14,16-17H,4-11H2,1-3H3/t12?,13?,14-/m0/s1. The molecule has 1 fully saturated rings. The zero-order valence-electron chi connectivity index (χ0n) is 11.8. The van der Waals surface area contributed by atoms with E-state index in [0.29, 0.717) is 5.92 Å². The van der Waals surface area contributed by atoms with E-state index in [-0.39, 0.29) is 18.1 Å². The predicted octanol–water partition coefficient (Wildman–Crippen LogP) is 3.36. The first-order valence-electron chi connectivity index (χ1n) is 7.23. The van der Waals surface area contributed by atoms with Gasteiger partial charge >= 0.3 is 0 Å². The molecule has 1 saturated carbocycles. The van der Waals surface area contributed by atoms with Crippen molar-refractivity contribution in [3.8, 4) is 0 Å².